The lowest BCUT2D eigenvalue weighted by Gasteiger charge is -2.22. The van der Waals surface area contributed by atoms with Crippen LogP contribution >= 0.6 is 0 Å². The Morgan fingerprint density at radius 2 is 1.89 bits per heavy atom. The number of likely N-dealkylation sites (tertiary alicyclic amines) is 1. The Kier molecular flexibility index (Phi) is 3.74. The Hall–Kier alpha value is -2.04. The Morgan fingerprint density at radius 3 is 2.47 bits per heavy atom. The molecule has 0 aromatic heterocycles. The molecule has 102 valence electrons. The van der Waals surface area contributed by atoms with Crippen LogP contribution in [0.25, 0.3) is 0 Å². The number of carboxylic acids is 1. The van der Waals surface area contributed by atoms with Gasteiger partial charge in [0.05, 0.1) is 0 Å². The SMILES string of the molecule is Cc1cc(C)cc(NC(=O)N2CCC[C@H]2C(=O)O)c1. The predicted octanol–water partition coefficient (Wildman–Crippen LogP) is 2.38. The average Bonchev–Trinajstić information content (AvgIpc) is 2.75. The van der Waals surface area contributed by atoms with Gasteiger partial charge in [0, 0.05) is 12.2 Å². The molecular weight excluding hydrogens is 244 g/mol. The molecule has 1 aliphatic rings. The van der Waals surface area contributed by atoms with Gasteiger partial charge in [-0.15, -0.1) is 0 Å². The Labute approximate surface area is 112 Å². The van der Waals surface area contributed by atoms with E-state index in [4.69, 9.17) is 5.11 Å². The van der Waals surface area contributed by atoms with Crippen molar-refractivity contribution in [1.82, 2.24) is 4.90 Å². The predicted molar refractivity (Wildman–Crippen MR) is 72.3 cm³/mol. The van der Waals surface area contributed by atoms with Gasteiger partial charge in [0.2, 0.25) is 0 Å². The maximum atomic E-state index is 12.1. The summed E-state index contributed by atoms with van der Waals surface area (Å²) in [5.41, 5.74) is 2.83. The lowest BCUT2D eigenvalue weighted by molar-refractivity contribution is -0.141. The number of benzene rings is 1. The number of carbonyl (C=O) groups excluding carboxylic acids is 1. The third kappa shape index (κ3) is 3.05. The number of carbonyl (C=O) groups is 2. The Bertz CT molecular complexity index is 493. The molecule has 1 aromatic rings. The van der Waals surface area contributed by atoms with Crippen molar-refractivity contribution in [2.75, 3.05) is 11.9 Å². The molecule has 5 nitrogen and oxygen atoms in total. The van der Waals surface area contributed by atoms with Gasteiger partial charge >= 0.3 is 12.0 Å². The number of urea groups is 1. The zero-order chi connectivity index (χ0) is 14.0. The topological polar surface area (TPSA) is 69.6 Å². The van der Waals surface area contributed by atoms with Crippen molar-refractivity contribution in [3.63, 3.8) is 0 Å². The highest BCUT2D eigenvalue weighted by Crippen LogP contribution is 2.20. The van der Waals surface area contributed by atoms with Crippen LogP contribution in [0.5, 0.6) is 0 Å². The monoisotopic (exact) mass is 262 g/mol. The molecule has 0 radical (unpaired) electrons. The van der Waals surface area contributed by atoms with Gasteiger partial charge in [-0.25, -0.2) is 9.59 Å². The summed E-state index contributed by atoms with van der Waals surface area (Å²) in [6.45, 7) is 4.41. The third-order valence-electron chi connectivity index (χ3n) is 3.27. The minimum atomic E-state index is -0.937. The molecule has 1 atom stereocenters. The van der Waals surface area contributed by atoms with Crippen molar-refractivity contribution in [3.8, 4) is 0 Å². The van der Waals surface area contributed by atoms with E-state index in [-0.39, 0.29) is 6.03 Å². The molecule has 19 heavy (non-hydrogen) atoms. The summed E-state index contributed by atoms with van der Waals surface area (Å²) in [6.07, 6.45) is 1.26. The number of nitrogens with zero attached hydrogens (tertiary/aromatic N) is 1. The van der Waals surface area contributed by atoms with Crippen LogP contribution in [-0.2, 0) is 4.79 Å². The molecule has 0 saturated carbocycles. The Balaban J connectivity index is 2.10. The average molecular weight is 262 g/mol. The fraction of sp³-hybridized carbons (Fsp3) is 0.429. The number of carboxylic acid groups (broad SMARTS) is 1. The molecular formula is C14H18N2O3. The zero-order valence-electron chi connectivity index (χ0n) is 11.1. The first-order valence-electron chi connectivity index (χ1n) is 6.36. The van der Waals surface area contributed by atoms with E-state index in [9.17, 15) is 9.59 Å². The standard InChI is InChI=1S/C14H18N2O3/c1-9-6-10(2)8-11(7-9)15-14(19)16-5-3-4-12(16)13(17)18/h6-8,12H,3-5H2,1-2H3,(H,15,19)(H,17,18)/t12-/m0/s1. The lowest BCUT2D eigenvalue weighted by atomic mass is 10.1. The number of hydrogen-bond donors (Lipinski definition) is 2. The molecule has 2 N–H and O–H groups in total. The maximum absolute atomic E-state index is 12.1. The van der Waals surface area contributed by atoms with E-state index < -0.39 is 12.0 Å². The zero-order valence-corrected chi connectivity index (χ0v) is 11.1. The summed E-state index contributed by atoms with van der Waals surface area (Å²) < 4.78 is 0. The third-order valence-corrected chi connectivity index (χ3v) is 3.27. The molecule has 2 amide bonds. The van der Waals surface area contributed by atoms with Gasteiger partial charge in [-0.3, -0.25) is 0 Å². The number of amides is 2. The van der Waals surface area contributed by atoms with Crippen LogP contribution in [0.3, 0.4) is 0 Å². The smallest absolute Gasteiger partial charge is 0.326 e. The molecule has 1 fully saturated rings. The van der Waals surface area contributed by atoms with Gasteiger partial charge in [-0.05, 0) is 49.9 Å². The second kappa shape index (κ2) is 5.30. The number of nitrogens with one attached hydrogen (secondary N) is 1. The van der Waals surface area contributed by atoms with Gasteiger partial charge in [-0.2, -0.15) is 0 Å². The summed E-state index contributed by atoms with van der Waals surface area (Å²) in [7, 11) is 0. The highest BCUT2D eigenvalue weighted by Gasteiger charge is 2.33. The van der Waals surface area contributed by atoms with Crippen molar-refractivity contribution in [2.45, 2.75) is 32.7 Å². The quantitative estimate of drug-likeness (QED) is 0.859. The van der Waals surface area contributed by atoms with E-state index in [0.29, 0.717) is 18.7 Å². The largest absolute Gasteiger partial charge is 0.480 e. The summed E-state index contributed by atoms with van der Waals surface area (Å²) in [5.74, 6) is -0.937. The molecule has 0 unspecified atom stereocenters. The van der Waals surface area contributed by atoms with E-state index in [1.54, 1.807) is 0 Å². The molecule has 2 rings (SSSR count). The van der Waals surface area contributed by atoms with E-state index in [0.717, 1.165) is 17.5 Å². The fourth-order valence-electron chi connectivity index (χ4n) is 2.51. The minimum Gasteiger partial charge on any atom is -0.480 e. The van der Waals surface area contributed by atoms with Crippen LogP contribution < -0.4 is 5.32 Å². The van der Waals surface area contributed by atoms with E-state index >= 15 is 0 Å². The summed E-state index contributed by atoms with van der Waals surface area (Å²) in [5, 5.41) is 11.8. The van der Waals surface area contributed by atoms with Crippen molar-refractivity contribution < 1.29 is 14.7 Å². The second-order valence-electron chi connectivity index (χ2n) is 5.00. The molecule has 1 aliphatic heterocycles. The van der Waals surface area contributed by atoms with Crippen molar-refractivity contribution in [3.05, 3.63) is 29.3 Å². The molecule has 1 saturated heterocycles. The van der Waals surface area contributed by atoms with Crippen molar-refractivity contribution in [1.29, 1.82) is 0 Å². The van der Waals surface area contributed by atoms with Crippen molar-refractivity contribution >= 4 is 17.7 Å². The van der Waals surface area contributed by atoms with Gasteiger partial charge < -0.3 is 15.3 Å². The molecule has 0 aliphatic carbocycles. The summed E-state index contributed by atoms with van der Waals surface area (Å²) in [4.78, 5) is 24.5. The summed E-state index contributed by atoms with van der Waals surface area (Å²) >= 11 is 0. The van der Waals surface area contributed by atoms with Gasteiger partial charge in [0.1, 0.15) is 6.04 Å². The lowest BCUT2D eigenvalue weighted by Crippen LogP contribution is -2.42. The molecule has 1 heterocycles. The number of aliphatic carboxylic acids is 1. The van der Waals surface area contributed by atoms with E-state index in [1.165, 1.54) is 4.90 Å². The van der Waals surface area contributed by atoms with Crippen LogP contribution in [0.15, 0.2) is 18.2 Å². The fourth-order valence-corrected chi connectivity index (χ4v) is 2.51. The highest BCUT2D eigenvalue weighted by molar-refractivity contribution is 5.92. The van der Waals surface area contributed by atoms with Gasteiger partial charge in [0.15, 0.2) is 0 Å². The van der Waals surface area contributed by atoms with E-state index in [2.05, 4.69) is 5.32 Å². The molecule has 0 bridgehead atoms. The first-order chi connectivity index (χ1) is 8.97. The Morgan fingerprint density at radius 1 is 1.26 bits per heavy atom. The first kappa shape index (κ1) is 13.4. The molecule has 0 spiro atoms. The highest BCUT2D eigenvalue weighted by atomic mass is 16.4. The maximum Gasteiger partial charge on any atom is 0.326 e. The van der Waals surface area contributed by atoms with Crippen LogP contribution in [-0.4, -0.2) is 34.6 Å². The van der Waals surface area contributed by atoms with Crippen LogP contribution in [0.2, 0.25) is 0 Å². The molecule has 1 aromatic carbocycles. The van der Waals surface area contributed by atoms with E-state index in [1.807, 2.05) is 32.0 Å². The van der Waals surface area contributed by atoms with Crippen molar-refractivity contribution in [2.24, 2.45) is 0 Å². The number of rotatable bonds is 2. The number of hydrogen-bond acceptors (Lipinski definition) is 2. The minimum absolute atomic E-state index is 0.338. The second-order valence-corrected chi connectivity index (χ2v) is 5.00. The normalized spacial score (nSPS) is 18.4. The van der Waals surface area contributed by atoms with Gasteiger partial charge in [0.25, 0.3) is 0 Å². The summed E-state index contributed by atoms with van der Waals surface area (Å²) in [6, 6.07) is 4.72. The number of aryl methyl sites for hydroxylation is 2. The first-order valence-corrected chi connectivity index (χ1v) is 6.36. The van der Waals surface area contributed by atoms with Gasteiger partial charge in [-0.1, -0.05) is 6.07 Å². The van der Waals surface area contributed by atoms with Crippen LogP contribution in [0.1, 0.15) is 24.0 Å². The molecule has 5 heteroatoms. The van der Waals surface area contributed by atoms with Crippen LogP contribution in [0.4, 0.5) is 10.5 Å². The number of anilines is 1. The van der Waals surface area contributed by atoms with Crippen LogP contribution in [0, 0.1) is 13.8 Å².